The van der Waals surface area contributed by atoms with Gasteiger partial charge in [0.15, 0.2) is 0 Å². The van der Waals surface area contributed by atoms with Crippen LogP contribution in [0.25, 0.3) is 88.4 Å². The number of rotatable bonds is 7. The lowest BCUT2D eigenvalue weighted by atomic mass is 9.82. The molecule has 0 saturated heterocycles. The topological polar surface area (TPSA) is 13.1 Å². The van der Waals surface area contributed by atoms with Crippen molar-refractivity contribution in [2.75, 3.05) is 4.90 Å². The van der Waals surface area contributed by atoms with Crippen LogP contribution in [0.5, 0.6) is 0 Å². The fourth-order valence-corrected chi connectivity index (χ4v) is 11.5. The number of anilines is 3. The first-order valence-electron chi connectivity index (χ1n) is 23.8. The molecule has 12 aromatic rings. The van der Waals surface area contributed by atoms with Crippen LogP contribution >= 0.6 is 0 Å². The number of aryl methyl sites for hydroxylation is 2. The fraction of sp³-hybridized carbons (Fsp3) is 0.0769. The molecule has 10 aromatic carbocycles. The maximum absolute atomic E-state index is 2.43. The molecule has 0 spiro atoms. The van der Waals surface area contributed by atoms with Gasteiger partial charge < -0.3 is 14.0 Å². The van der Waals surface area contributed by atoms with Gasteiger partial charge in [0.2, 0.25) is 0 Å². The first kappa shape index (κ1) is 39.9. The van der Waals surface area contributed by atoms with E-state index < -0.39 is 0 Å². The maximum atomic E-state index is 2.43. The summed E-state index contributed by atoms with van der Waals surface area (Å²) >= 11 is 0. The Balaban J connectivity index is 0.889. The van der Waals surface area contributed by atoms with Crippen molar-refractivity contribution in [2.45, 2.75) is 33.1 Å². The molecule has 2 heterocycles. The van der Waals surface area contributed by atoms with Crippen molar-refractivity contribution >= 4 is 60.7 Å². The molecule has 0 atom stereocenters. The molecule has 3 heteroatoms. The van der Waals surface area contributed by atoms with Crippen LogP contribution in [0, 0.1) is 13.8 Å². The standard InChI is InChI=1S/C65H49N3/c1-42-17-14-18-43(2)64(42)46-31-36-63-57(39-46)56-27-10-13-30-62(56)67(63)49-24-16-20-45(38-49)44-19-15-23-48(37-44)66(47-21-6-5-7-22-47)50-32-34-52-53-35-33-51(41-59(53)65(3,4)58(52)40-50)68-60-28-11-8-25-54(60)55-26-9-12-29-61(55)68/h5-41H,1-4H3. The summed E-state index contributed by atoms with van der Waals surface area (Å²) in [6, 6.07) is 82.9. The lowest BCUT2D eigenvalue weighted by Gasteiger charge is -2.28. The second-order valence-corrected chi connectivity index (χ2v) is 19.1. The second kappa shape index (κ2) is 15.3. The average molecular weight is 872 g/mol. The molecule has 0 radical (unpaired) electrons. The lowest BCUT2D eigenvalue weighted by molar-refractivity contribution is 0.660. The number of hydrogen-bond acceptors (Lipinski definition) is 1. The van der Waals surface area contributed by atoms with Crippen LogP contribution in [-0.4, -0.2) is 9.13 Å². The largest absolute Gasteiger partial charge is 0.310 e. The van der Waals surface area contributed by atoms with Crippen LogP contribution in [0.3, 0.4) is 0 Å². The van der Waals surface area contributed by atoms with E-state index in [1.807, 2.05) is 0 Å². The Labute approximate surface area is 397 Å². The zero-order chi connectivity index (χ0) is 45.7. The summed E-state index contributed by atoms with van der Waals surface area (Å²) in [7, 11) is 0. The van der Waals surface area contributed by atoms with Gasteiger partial charge in [0, 0.05) is 55.4 Å². The van der Waals surface area contributed by atoms with Crippen LogP contribution in [0.4, 0.5) is 17.1 Å². The predicted molar refractivity (Wildman–Crippen MR) is 288 cm³/mol. The first-order valence-corrected chi connectivity index (χ1v) is 23.8. The quantitative estimate of drug-likeness (QED) is 0.156. The molecule has 13 rings (SSSR count). The van der Waals surface area contributed by atoms with E-state index in [1.165, 1.54) is 99.4 Å². The Morgan fingerprint density at radius 1 is 0.338 bits per heavy atom. The van der Waals surface area contributed by atoms with Gasteiger partial charge in [0.05, 0.1) is 22.1 Å². The third-order valence-electron chi connectivity index (χ3n) is 14.7. The third kappa shape index (κ3) is 6.12. The predicted octanol–water partition coefficient (Wildman–Crippen LogP) is 17.6. The molecule has 0 amide bonds. The first-order chi connectivity index (χ1) is 33.3. The van der Waals surface area contributed by atoms with Gasteiger partial charge in [-0.25, -0.2) is 0 Å². The van der Waals surface area contributed by atoms with Crippen molar-refractivity contribution in [3.63, 3.8) is 0 Å². The number of para-hydroxylation sites is 4. The zero-order valence-electron chi connectivity index (χ0n) is 38.7. The molecule has 324 valence electrons. The number of fused-ring (bicyclic) bond motifs is 9. The summed E-state index contributed by atoms with van der Waals surface area (Å²) in [5, 5.41) is 5.07. The number of nitrogens with zero attached hydrogens (tertiary/aromatic N) is 3. The molecule has 0 aliphatic heterocycles. The Morgan fingerprint density at radius 3 is 1.51 bits per heavy atom. The summed E-state index contributed by atoms with van der Waals surface area (Å²) in [6.45, 7) is 9.20. The van der Waals surface area contributed by atoms with Crippen molar-refractivity contribution in [3.05, 3.63) is 247 Å². The van der Waals surface area contributed by atoms with E-state index in [2.05, 4.69) is 266 Å². The van der Waals surface area contributed by atoms with Crippen molar-refractivity contribution in [3.8, 4) is 44.8 Å². The molecular formula is C65H49N3. The highest BCUT2D eigenvalue weighted by Gasteiger charge is 2.36. The Morgan fingerprint density at radius 2 is 0.838 bits per heavy atom. The Kier molecular flexibility index (Phi) is 9.00. The van der Waals surface area contributed by atoms with Gasteiger partial charge in [-0.15, -0.1) is 0 Å². The molecule has 0 unspecified atom stereocenters. The molecule has 0 N–H and O–H groups in total. The molecule has 1 aliphatic carbocycles. The van der Waals surface area contributed by atoms with E-state index in [4.69, 9.17) is 0 Å². The van der Waals surface area contributed by atoms with Crippen molar-refractivity contribution in [2.24, 2.45) is 0 Å². The van der Waals surface area contributed by atoms with Crippen LogP contribution in [0.15, 0.2) is 224 Å². The Hall–Kier alpha value is -8.40. The SMILES string of the molecule is Cc1cccc(C)c1-c1ccc2c(c1)c1ccccc1n2-c1cccc(-c2cccc(N(c3ccccc3)c3ccc4c(c3)C(C)(C)c3cc(-n5c6ccccc6c6ccccc65)ccc3-4)c2)c1. The minimum Gasteiger partial charge on any atom is -0.310 e. The van der Waals surface area contributed by atoms with Crippen molar-refractivity contribution in [1.82, 2.24) is 9.13 Å². The summed E-state index contributed by atoms with van der Waals surface area (Å²) < 4.78 is 4.86. The number of hydrogen-bond donors (Lipinski definition) is 0. The molecule has 0 fully saturated rings. The minimum atomic E-state index is -0.228. The van der Waals surface area contributed by atoms with Crippen molar-refractivity contribution < 1.29 is 0 Å². The second-order valence-electron chi connectivity index (χ2n) is 19.1. The van der Waals surface area contributed by atoms with Crippen molar-refractivity contribution in [1.29, 1.82) is 0 Å². The van der Waals surface area contributed by atoms with Gasteiger partial charge in [0.25, 0.3) is 0 Å². The van der Waals surface area contributed by atoms with Gasteiger partial charge >= 0.3 is 0 Å². The molecule has 0 saturated carbocycles. The highest BCUT2D eigenvalue weighted by molar-refractivity contribution is 6.11. The normalized spacial score (nSPS) is 12.8. The summed E-state index contributed by atoms with van der Waals surface area (Å²) in [5.74, 6) is 0. The highest BCUT2D eigenvalue weighted by atomic mass is 15.1. The summed E-state index contributed by atoms with van der Waals surface area (Å²) in [6.07, 6.45) is 0. The molecule has 1 aliphatic rings. The molecule has 2 aromatic heterocycles. The van der Waals surface area contributed by atoms with E-state index >= 15 is 0 Å². The van der Waals surface area contributed by atoms with Gasteiger partial charge in [-0.1, -0.05) is 147 Å². The van der Waals surface area contributed by atoms with E-state index in [-0.39, 0.29) is 5.41 Å². The minimum absolute atomic E-state index is 0.228. The van der Waals surface area contributed by atoms with E-state index in [0.29, 0.717) is 0 Å². The number of benzene rings is 10. The third-order valence-corrected chi connectivity index (χ3v) is 14.7. The van der Waals surface area contributed by atoms with Crippen LogP contribution in [0.1, 0.15) is 36.1 Å². The lowest BCUT2D eigenvalue weighted by Crippen LogP contribution is -2.17. The smallest absolute Gasteiger partial charge is 0.0541 e. The van der Waals surface area contributed by atoms with E-state index in [0.717, 1.165) is 28.3 Å². The highest BCUT2D eigenvalue weighted by Crippen LogP contribution is 2.52. The van der Waals surface area contributed by atoms with Gasteiger partial charge in [0.1, 0.15) is 0 Å². The molecule has 68 heavy (non-hydrogen) atoms. The van der Waals surface area contributed by atoms with Crippen LogP contribution < -0.4 is 4.90 Å². The molecule has 0 bridgehead atoms. The fourth-order valence-electron chi connectivity index (χ4n) is 11.5. The van der Waals surface area contributed by atoms with Crippen LogP contribution in [-0.2, 0) is 5.41 Å². The van der Waals surface area contributed by atoms with E-state index in [9.17, 15) is 0 Å². The summed E-state index contributed by atoms with van der Waals surface area (Å²) in [4.78, 5) is 2.41. The van der Waals surface area contributed by atoms with Gasteiger partial charge in [-0.3, -0.25) is 0 Å². The summed E-state index contributed by atoms with van der Waals surface area (Å²) in [5.41, 5.74) is 23.1. The maximum Gasteiger partial charge on any atom is 0.0541 e. The van der Waals surface area contributed by atoms with E-state index in [1.54, 1.807) is 0 Å². The number of aromatic nitrogens is 2. The average Bonchev–Trinajstić information content (AvgIpc) is 3.97. The van der Waals surface area contributed by atoms with Crippen LogP contribution in [0.2, 0.25) is 0 Å². The monoisotopic (exact) mass is 871 g/mol. The Bertz CT molecular complexity index is 3900. The zero-order valence-corrected chi connectivity index (χ0v) is 38.7. The molecular weight excluding hydrogens is 823 g/mol. The van der Waals surface area contributed by atoms with Gasteiger partial charge in [-0.2, -0.15) is 0 Å². The van der Waals surface area contributed by atoms with Gasteiger partial charge in [-0.05, 0) is 160 Å². The molecule has 3 nitrogen and oxygen atoms in total.